The maximum absolute atomic E-state index is 11.8. The van der Waals surface area contributed by atoms with Gasteiger partial charge in [0.2, 0.25) is 18.2 Å². The van der Waals surface area contributed by atoms with Crippen LogP contribution in [0.15, 0.2) is 0 Å². The monoisotopic (exact) mass is 244 g/mol. The molecule has 17 heavy (non-hydrogen) atoms. The molecule has 0 aromatic heterocycles. The lowest BCUT2D eigenvalue weighted by molar-refractivity contribution is -0.145. The van der Waals surface area contributed by atoms with Crippen molar-refractivity contribution in [1.29, 1.82) is 0 Å². The highest BCUT2D eigenvalue weighted by atomic mass is 16.2. The second kappa shape index (κ2) is 6.85. The van der Waals surface area contributed by atoms with Crippen molar-refractivity contribution in [2.24, 2.45) is 0 Å². The van der Waals surface area contributed by atoms with Gasteiger partial charge in [0, 0.05) is 21.1 Å². The predicted octanol–water partition coefficient (Wildman–Crippen LogP) is -1.44. The normalized spacial score (nSPS) is 13.8. The maximum atomic E-state index is 11.8. The van der Waals surface area contributed by atoms with E-state index >= 15 is 0 Å². The third-order valence-corrected chi connectivity index (χ3v) is 2.34. The molecule has 0 rings (SSSR count). The number of carbonyl (C=O) groups is 3. The number of rotatable bonds is 6. The van der Waals surface area contributed by atoms with E-state index < -0.39 is 12.1 Å². The minimum atomic E-state index is -0.672. The van der Waals surface area contributed by atoms with E-state index in [9.17, 15) is 14.4 Å². The molecule has 0 aliphatic carbocycles. The molecule has 0 aliphatic rings. The highest BCUT2D eigenvalue weighted by Gasteiger charge is 2.24. The van der Waals surface area contributed by atoms with E-state index in [-0.39, 0.29) is 11.8 Å². The average molecular weight is 244 g/mol. The summed E-state index contributed by atoms with van der Waals surface area (Å²) in [6, 6.07) is -1.31. The summed E-state index contributed by atoms with van der Waals surface area (Å²) >= 11 is 0. The van der Waals surface area contributed by atoms with Crippen LogP contribution in [-0.2, 0) is 14.4 Å². The lowest BCUT2D eigenvalue weighted by atomic mass is 10.2. The fraction of sp³-hybridized carbons (Fsp3) is 0.700. The third-order valence-electron chi connectivity index (χ3n) is 2.34. The molecule has 2 N–H and O–H groups in total. The quantitative estimate of drug-likeness (QED) is 0.443. The van der Waals surface area contributed by atoms with Crippen molar-refractivity contribution in [2.75, 3.05) is 21.1 Å². The first-order chi connectivity index (χ1) is 7.84. The van der Waals surface area contributed by atoms with Crippen molar-refractivity contribution in [3.05, 3.63) is 0 Å². The Morgan fingerprint density at radius 3 is 2.06 bits per heavy atom. The van der Waals surface area contributed by atoms with Gasteiger partial charge in [-0.3, -0.25) is 19.4 Å². The van der Waals surface area contributed by atoms with Crippen LogP contribution < -0.4 is 10.6 Å². The van der Waals surface area contributed by atoms with Crippen molar-refractivity contribution in [3.63, 3.8) is 0 Å². The van der Waals surface area contributed by atoms with Crippen molar-refractivity contribution in [3.8, 4) is 0 Å². The lowest BCUT2D eigenvalue weighted by Gasteiger charge is -2.30. The minimum Gasteiger partial charge on any atom is -0.357 e. The van der Waals surface area contributed by atoms with E-state index in [1.54, 1.807) is 27.9 Å². The molecule has 7 heteroatoms. The van der Waals surface area contributed by atoms with Gasteiger partial charge in [0.15, 0.2) is 0 Å². The summed E-state index contributed by atoms with van der Waals surface area (Å²) in [5.74, 6) is -0.671. The van der Waals surface area contributed by atoms with E-state index in [1.807, 2.05) is 0 Å². The standard InChI is InChI=1S/C10H20N4O3/c1-7(9(16)11-3)12-10(17)8(2)14(6-15)13(4)5/h6-8H,1-5H3,(H,11,16)(H,12,17). The summed E-state index contributed by atoms with van der Waals surface area (Å²) in [4.78, 5) is 33.8. The van der Waals surface area contributed by atoms with Crippen molar-refractivity contribution >= 4 is 18.2 Å². The zero-order valence-corrected chi connectivity index (χ0v) is 10.9. The number of nitrogens with zero attached hydrogens (tertiary/aromatic N) is 2. The molecule has 0 fully saturated rings. The van der Waals surface area contributed by atoms with Gasteiger partial charge in [0.25, 0.3) is 0 Å². The van der Waals surface area contributed by atoms with Crippen LogP contribution in [0, 0.1) is 0 Å². The van der Waals surface area contributed by atoms with Crippen LogP contribution in [0.5, 0.6) is 0 Å². The van der Waals surface area contributed by atoms with Gasteiger partial charge in [0.05, 0.1) is 0 Å². The topological polar surface area (TPSA) is 81.8 Å². The predicted molar refractivity (Wildman–Crippen MR) is 62.7 cm³/mol. The number of amides is 3. The minimum absolute atomic E-state index is 0.284. The van der Waals surface area contributed by atoms with Gasteiger partial charge in [-0.25, -0.2) is 5.01 Å². The van der Waals surface area contributed by atoms with Gasteiger partial charge in [-0.15, -0.1) is 0 Å². The van der Waals surface area contributed by atoms with Crippen LogP contribution in [0.25, 0.3) is 0 Å². The Morgan fingerprint density at radius 2 is 1.71 bits per heavy atom. The van der Waals surface area contributed by atoms with Gasteiger partial charge < -0.3 is 10.6 Å². The first-order valence-electron chi connectivity index (χ1n) is 5.28. The molecular weight excluding hydrogens is 224 g/mol. The molecule has 0 radical (unpaired) electrons. The Hall–Kier alpha value is -1.63. The fourth-order valence-electron chi connectivity index (χ4n) is 1.27. The summed E-state index contributed by atoms with van der Waals surface area (Å²) in [5.41, 5.74) is 0. The first kappa shape index (κ1) is 15.4. The highest BCUT2D eigenvalue weighted by molar-refractivity contribution is 5.89. The van der Waals surface area contributed by atoms with Gasteiger partial charge >= 0.3 is 0 Å². The number of hydrogen-bond donors (Lipinski definition) is 2. The molecule has 0 aromatic carbocycles. The summed E-state index contributed by atoms with van der Waals surface area (Å²) in [6.07, 6.45) is 0.564. The number of hydrogen-bond acceptors (Lipinski definition) is 4. The first-order valence-corrected chi connectivity index (χ1v) is 5.28. The molecule has 0 saturated heterocycles. The Balaban J connectivity index is 4.50. The van der Waals surface area contributed by atoms with Gasteiger partial charge in [-0.05, 0) is 13.8 Å². The van der Waals surface area contributed by atoms with E-state index in [2.05, 4.69) is 10.6 Å². The van der Waals surface area contributed by atoms with Crippen LogP contribution in [0.3, 0.4) is 0 Å². The molecule has 3 amide bonds. The fourth-order valence-corrected chi connectivity index (χ4v) is 1.27. The van der Waals surface area contributed by atoms with Crippen molar-refractivity contribution in [1.82, 2.24) is 20.7 Å². The van der Waals surface area contributed by atoms with Gasteiger partial charge in [-0.1, -0.05) is 0 Å². The molecule has 0 spiro atoms. The molecule has 2 unspecified atom stereocenters. The summed E-state index contributed by atoms with van der Waals surface area (Å²) in [6.45, 7) is 3.16. The zero-order valence-electron chi connectivity index (χ0n) is 10.9. The number of likely N-dealkylation sites (N-methyl/N-ethyl adjacent to an activating group) is 1. The highest BCUT2D eigenvalue weighted by Crippen LogP contribution is 1.98. The van der Waals surface area contributed by atoms with Crippen molar-refractivity contribution in [2.45, 2.75) is 25.9 Å². The zero-order chi connectivity index (χ0) is 13.6. The van der Waals surface area contributed by atoms with Crippen LogP contribution in [0.4, 0.5) is 0 Å². The largest absolute Gasteiger partial charge is 0.357 e. The molecule has 0 bridgehead atoms. The second-order valence-corrected chi connectivity index (χ2v) is 3.85. The Kier molecular flexibility index (Phi) is 6.19. The Bertz CT molecular complexity index is 293. The molecular formula is C10H20N4O3. The van der Waals surface area contributed by atoms with E-state index in [0.717, 1.165) is 0 Å². The van der Waals surface area contributed by atoms with E-state index in [0.29, 0.717) is 6.41 Å². The maximum Gasteiger partial charge on any atom is 0.244 e. The van der Waals surface area contributed by atoms with Crippen LogP contribution in [-0.4, -0.2) is 61.5 Å². The summed E-state index contributed by atoms with van der Waals surface area (Å²) < 4.78 is 0. The smallest absolute Gasteiger partial charge is 0.244 e. The van der Waals surface area contributed by atoms with Crippen LogP contribution in [0.2, 0.25) is 0 Å². The number of hydrazine groups is 1. The average Bonchev–Trinajstić information content (AvgIpc) is 2.27. The van der Waals surface area contributed by atoms with E-state index in [1.165, 1.54) is 17.1 Å². The molecule has 2 atom stereocenters. The lowest BCUT2D eigenvalue weighted by Crippen LogP contribution is -2.54. The molecule has 0 heterocycles. The molecule has 7 nitrogen and oxygen atoms in total. The number of nitrogens with one attached hydrogen (secondary N) is 2. The Morgan fingerprint density at radius 1 is 1.18 bits per heavy atom. The molecule has 0 aromatic rings. The Labute approximate surface area is 101 Å². The van der Waals surface area contributed by atoms with Gasteiger partial charge in [0.1, 0.15) is 12.1 Å². The number of carbonyl (C=O) groups excluding carboxylic acids is 3. The summed E-state index contributed by atoms with van der Waals surface area (Å²) in [5, 5.41) is 7.68. The molecule has 0 aliphatic heterocycles. The SMILES string of the molecule is CNC(=O)C(C)NC(=O)C(C)N(C=O)N(C)C. The van der Waals surface area contributed by atoms with Crippen LogP contribution >= 0.6 is 0 Å². The molecule has 0 saturated carbocycles. The van der Waals surface area contributed by atoms with Gasteiger partial charge in [-0.2, -0.15) is 0 Å². The summed E-state index contributed by atoms with van der Waals surface area (Å²) in [7, 11) is 4.80. The van der Waals surface area contributed by atoms with E-state index in [4.69, 9.17) is 0 Å². The molecule has 98 valence electrons. The van der Waals surface area contributed by atoms with Crippen LogP contribution in [0.1, 0.15) is 13.8 Å². The third kappa shape index (κ3) is 4.39. The van der Waals surface area contributed by atoms with Crippen molar-refractivity contribution < 1.29 is 14.4 Å². The second-order valence-electron chi connectivity index (χ2n) is 3.85.